The van der Waals surface area contributed by atoms with Crippen LogP contribution in [0.5, 0.6) is 5.75 Å². The van der Waals surface area contributed by atoms with Crippen LogP contribution >= 0.6 is 0 Å². The molecular formula is C9H8O3. The Bertz CT molecular complexity index is 294. The zero-order valence-corrected chi connectivity index (χ0v) is 6.40. The number of fused-ring (bicyclic) bond motifs is 1. The topological polar surface area (TPSA) is 31.0 Å². The predicted octanol–water partition coefficient (Wildman–Crippen LogP) is 1.15. The Labute approximate surface area is 69.9 Å². The van der Waals surface area contributed by atoms with Crippen LogP contribution in [0.15, 0.2) is 30.3 Å². The molecule has 0 bridgehead atoms. The monoisotopic (exact) mass is 164 g/mol. The minimum atomic E-state index is -0.707. The molecule has 2 fully saturated rings. The highest BCUT2D eigenvalue weighted by Crippen LogP contribution is 2.47. The second-order valence-corrected chi connectivity index (χ2v) is 2.94. The van der Waals surface area contributed by atoms with Gasteiger partial charge in [-0.15, -0.1) is 0 Å². The lowest BCUT2D eigenvalue weighted by atomic mass is 10.3. The summed E-state index contributed by atoms with van der Waals surface area (Å²) in [6, 6.07) is 9.55. The van der Waals surface area contributed by atoms with Crippen LogP contribution in [0.1, 0.15) is 0 Å². The third-order valence-corrected chi connectivity index (χ3v) is 2.08. The van der Waals surface area contributed by atoms with Crippen LogP contribution in [-0.2, 0) is 9.47 Å². The van der Waals surface area contributed by atoms with Crippen molar-refractivity contribution in [3.05, 3.63) is 30.3 Å². The Morgan fingerprint density at radius 2 is 2.17 bits per heavy atom. The first-order valence-corrected chi connectivity index (χ1v) is 3.95. The molecule has 1 aromatic rings. The van der Waals surface area contributed by atoms with E-state index in [9.17, 15) is 0 Å². The van der Waals surface area contributed by atoms with Crippen LogP contribution in [-0.4, -0.2) is 18.7 Å². The zero-order valence-electron chi connectivity index (χ0n) is 6.40. The van der Waals surface area contributed by atoms with Gasteiger partial charge < -0.3 is 9.47 Å². The molecule has 2 aliphatic rings. The second-order valence-electron chi connectivity index (χ2n) is 2.94. The van der Waals surface area contributed by atoms with E-state index in [2.05, 4.69) is 0 Å². The van der Waals surface area contributed by atoms with Crippen molar-refractivity contribution in [1.29, 1.82) is 0 Å². The average Bonchev–Trinajstić information content (AvgIpc) is 2.59. The Balaban J connectivity index is 1.77. The zero-order chi connectivity index (χ0) is 8.02. The first-order chi connectivity index (χ1) is 5.89. The Hall–Kier alpha value is -1.06. The van der Waals surface area contributed by atoms with Crippen LogP contribution in [0.4, 0.5) is 0 Å². The van der Waals surface area contributed by atoms with E-state index < -0.39 is 5.97 Å². The molecule has 2 atom stereocenters. The summed E-state index contributed by atoms with van der Waals surface area (Å²) in [4.78, 5) is 0. The van der Waals surface area contributed by atoms with Gasteiger partial charge in [-0.2, -0.15) is 0 Å². The van der Waals surface area contributed by atoms with Crippen molar-refractivity contribution in [3.8, 4) is 5.75 Å². The summed E-state index contributed by atoms with van der Waals surface area (Å²) in [7, 11) is 0. The predicted molar refractivity (Wildman–Crippen MR) is 40.6 cm³/mol. The van der Waals surface area contributed by atoms with E-state index in [1.165, 1.54) is 0 Å². The standard InChI is InChI=1S/C9H8O3/c1-2-4-7(5-3-1)11-9-8(12-9)6-10-9/h1-5,8H,6H2. The van der Waals surface area contributed by atoms with E-state index >= 15 is 0 Å². The maximum absolute atomic E-state index is 5.47. The number of benzene rings is 1. The lowest BCUT2D eigenvalue weighted by Crippen LogP contribution is -2.39. The van der Waals surface area contributed by atoms with Crippen molar-refractivity contribution in [1.82, 2.24) is 0 Å². The third kappa shape index (κ3) is 0.777. The van der Waals surface area contributed by atoms with Crippen molar-refractivity contribution in [2.24, 2.45) is 0 Å². The minimum Gasteiger partial charge on any atom is -0.437 e. The van der Waals surface area contributed by atoms with E-state index in [0.717, 1.165) is 5.75 Å². The smallest absolute Gasteiger partial charge is 0.358 e. The van der Waals surface area contributed by atoms with E-state index in [4.69, 9.17) is 14.2 Å². The van der Waals surface area contributed by atoms with Gasteiger partial charge >= 0.3 is 5.97 Å². The van der Waals surface area contributed by atoms with E-state index in [1.54, 1.807) is 0 Å². The molecule has 1 aromatic carbocycles. The van der Waals surface area contributed by atoms with E-state index in [0.29, 0.717) is 6.61 Å². The highest BCUT2D eigenvalue weighted by molar-refractivity contribution is 5.22. The van der Waals surface area contributed by atoms with Gasteiger partial charge in [0.15, 0.2) is 6.10 Å². The molecule has 2 aliphatic heterocycles. The molecule has 3 heteroatoms. The molecule has 2 heterocycles. The number of hydrogen-bond acceptors (Lipinski definition) is 3. The highest BCUT2D eigenvalue weighted by Gasteiger charge is 2.70. The summed E-state index contributed by atoms with van der Waals surface area (Å²) in [5.41, 5.74) is 0. The van der Waals surface area contributed by atoms with Crippen LogP contribution in [0.2, 0.25) is 0 Å². The molecule has 0 aromatic heterocycles. The lowest BCUT2D eigenvalue weighted by Gasteiger charge is -2.20. The fourth-order valence-corrected chi connectivity index (χ4v) is 1.29. The molecule has 0 amide bonds. The molecular weight excluding hydrogens is 156 g/mol. The van der Waals surface area contributed by atoms with Crippen LogP contribution in [0.3, 0.4) is 0 Å². The number of rotatable bonds is 2. The van der Waals surface area contributed by atoms with Crippen molar-refractivity contribution in [3.63, 3.8) is 0 Å². The van der Waals surface area contributed by atoms with Gasteiger partial charge in [0.25, 0.3) is 0 Å². The largest absolute Gasteiger partial charge is 0.437 e. The molecule has 0 N–H and O–H groups in total. The number of para-hydroxylation sites is 1. The third-order valence-electron chi connectivity index (χ3n) is 2.08. The second kappa shape index (κ2) is 2.00. The summed E-state index contributed by atoms with van der Waals surface area (Å²) in [6.45, 7) is 0.660. The van der Waals surface area contributed by atoms with Crippen molar-refractivity contribution < 1.29 is 14.2 Å². The SMILES string of the molecule is c1ccc(OC23OCC2O3)cc1. The van der Waals surface area contributed by atoms with Gasteiger partial charge in [0.05, 0.1) is 6.61 Å². The van der Waals surface area contributed by atoms with Gasteiger partial charge in [0.1, 0.15) is 5.75 Å². The molecule has 0 aliphatic carbocycles. The van der Waals surface area contributed by atoms with Crippen molar-refractivity contribution in [2.45, 2.75) is 12.1 Å². The van der Waals surface area contributed by atoms with Gasteiger partial charge in [-0.25, -0.2) is 0 Å². The fraction of sp³-hybridized carbons (Fsp3) is 0.333. The Morgan fingerprint density at radius 3 is 2.67 bits per heavy atom. The lowest BCUT2D eigenvalue weighted by molar-refractivity contribution is -0.200. The summed E-state index contributed by atoms with van der Waals surface area (Å²) >= 11 is 0. The minimum absolute atomic E-state index is 0.165. The molecule has 0 radical (unpaired) electrons. The summed E-state index contributed by atoms with van der Waals surface area (Å²) in [5.74, 6) is 0.0844. The molecule has 62 valence electrons. The van der Waals surface area contributed by atoms with Gasteiger partial charge in [0.2, 0.25) is 0 Å². The Morgan fingerprint density at radius 1 is 1.33 bits per heavy atom. The molecule has 12 heavy (non-hydrogen) atoms. The van der Waals surface area contributed by atoms with E-state index in [-0.39, 0.29) is 6.10 Å². The van der Waals surface area contributed by atoms with Gasteiger partial charge in [-0.1, -0.05) is 18.2 Å². The van der Waals surface area contributed by atoms with Crippen LogP contribution in [0.25, 0.3) is 0 Å². The first kappa shape index (κ1) is 6.46. The normalized spacial score (nSPS) is 36.5. The maximum atomic E-state index is 5.47. The van der Waals surface area contributed by atoms with Crippen LogP contribution < -0.4 is 4.74 Å². The van der Waals surface area contributed by atoms with Gasteiger partial charge in [-0.05, 0) is 12.1 Å². The fourth-order valence-electron chi connectivity index (χ4n) is 1.29. The molecule has 0 saturated carbocycles. The van der Waals surface area contributed by atoms with Crippen molar-refractivity contribution in [2.75, 3.05) is 6.61 Å². The quantitative estimate of drug-likeness (QED) is 0.614. The van der Waals surface area contributed by atoms with Gasteiger partial charge in [-0.3, -0.25) is 4.74 Å². The molecule has 2 unspecified atom stereocenters. The molecule has 3 rings (SSSR count). The van der Waals surface area contributed by atoms with Crippen LogP contribution in [0, 0.1) is 0 Å². The molecule has 0 spiro atoms. The highest BCUT2D eigenvalue weighted by atomic mass is 17.0. The number of epoxide rings is 1. The number of hydrogen-bond donors (Lipinski definition) is 0. The maximum Gasteiger partial charge on any atom is 0.358 e. The van der Waals surface area contributed by atoms with Crippen molar-refractivity contribution >= 4 is 0 Å². The summed E-state index contributed by atoms with van der Waals surface area (Å²) in [6.07, 6.45) is 0.165. The van der Waals surface area contributed by atoms with E-state index in [1.807, 2.05) is 30.3 Å². The summed E-state index contributed by atoms with van der Waals surface area (Å²) in [5, 5.41) is 0. The molecule has 3 nitrogen and oxygen atoms in total. The average molecular weight is 164 g/mol. The Kier molecular flexibility index (Phi) is 1.07. The first-order valence-electron chi connectivity index (χ1n) is 3.95. The summed E-state index contributed by atoms with van der Waals surface area (Å²) < 4.78 is 15.8. The van der Waals surface area contributed by atoms with Gasteiger partial charge in [0, 0.05) is 0 Å². The molecule has 2 saturated heterocycles. The number of ether oxygens (including phenoxy) is 3.